The zero-order valence-electron chi connectivity index (χ0n) is 12.1. The highest BCUT2D eigenvalue weighted by atomic mass is 16.2. The minimum atomic E-state index is 0.136. The first-order chi connectivity index (χ1) is 8.97. The van der Waals surface area contributed by atoms with Crippen LogP contribution in [-0.4, -0.2) is 23.9 Å². The molecule has 2 heteroatoms. The van der Waals surface area contributed by atoms with Gasteiger partial charge in [-0.3, -0.25) is 4.79 Å². The van der Waals surface area contributed by atoms with Crippen molar-refractivity contribution in [3.05, 3.63) is 41.5 Å². The third-order valence-electron chi connectivity index (χ3n) is 3.61. The van der Waals surface area contributed by atoms with Gasteiger partial charge in [-0.1, -0.05) is 45.0 Å². The Kier molecular flexibility index (Phi) is 4.08. The Morgan fingerprint density at radius 1 is 1.11 bits per heavy atom. The molecule has 0 atom stereocenters. The monoisotopic (exact) mass is 257 g/mol. The van der Waals surface area contributed by atoms with E-state index in [4.69, 9.17) is 0 Å². The summed E-state index contributed by atoms with van der Waals surface area (Å²) in [4.78, 5) is 13.8. The minimum absolute atomic E-state index is 0.136. The Balaban J connectivity index is 2.01. The predicted octanol–water partition coefficient (Wildman–Crippen LogP) is 3.62. The number of likely N-dealkylation sites (tertiary alicyclic amines) is 1. The second kappa shape index (κ2) is 5.60. The molecule has 0 aromatic heterocycles. The third kappa shape index (κ3) is 3.69. The topological polar surface area (TPSA) is 20.3 Å². The van der Waals surface area contributed by atoms with E-state index in [2.05, 4.69) is 45.0 Å². The van der Waals surface area contributed by atoms with E-state index in [1.807, 2.05) is 11.0 Å². The molecule has 2 nitrogen and oxygen atoms in total. The van der Waals surface area contributed by atoms with Crippen molar-refractivity contribution in [1.82, 2.24) is 4.90 Å². The molecule has 0 N–H and O–H groups in total. The second-order valence-corrected chi connectivity index (χ2v) is 6.24. The summed E-state index contributed by atoms with van der Waals surface area (Å²) in [6.07, 6.45) is 5.88. The van der Waals surface area contributed by atoms with E-state index in [0.29, 0.717) is 0 Å². The Hall–Kier alpha value is -1.57. The number of carbonyl (C=O) groups is 1. The van der Waals surface area contributed by atoms with Crippen LogP contribution in [0, 0.1) is 0 Å². The average Bonchev–Trinajstić information content (AvgIpc) is 2.89. The van der Waals surface area contributed by atoms with Gasteiger partial charge < -0.3 is 4.90 Å². The standard InChI is InChI=1S/C17H23NO/c1-17(2,3)15-9-6-14(7-10-15)8-11-16(19)18-12-4-5-13-18/h6-11H,4-5,12-13H2,1-3H3/b11-8+. The molecular weight excluding hydrogens is 234 g/mol. The zero-order chi connectivity index (χ0) is 13.9. The summed E-state index contributed by atoms with van der Waals surface area (Å²) in [6.45, 7) is 8.43. The van der Waals surface area contributed by atoms with Crippen molar-refractivity contribution < 1.29 is 4.79 Å². The summed E-state index contributed by atoms with van der Waals surface area (Å²) in [6, 6.07) is 8.43. The number of hydrogen-bond acceptors (Lipinski definition) is 1. The van der Waals surface area contributed by atoms with Gasteiger partial charge in [-0.2, -0.15) is 0 Å². The SMILES string of the molecule is CC(C)(C)c1ccc(/C=C/C(=O)N2CCCC2)cc1. The van der Waals surface area contributed by atoms with Gasteiger partial charge in [-0.15, -0.1) is 0 Å². The summed E-state index contributed by atoms with van der Waals surface area (Å²) < 4.78 is 0. The van der Waals surface area contributed by atoms with Crippen LogP contribution in [0.4, 0.5) is 0 Å². The van der Waals surface area contributed by atoms with Crippen molar-refractivity contribution in [2.75, 3.05) is 13.1 Å². The van der Waals surface area contributed by atoms with Gasteiger partial charge in [-0.25, -0.2) is 0 Å². The molecule has 1 fully saturated rings. The lowest BCUT2D eigenvalue weighted by Crippen LogP contribution is -2.25. The molecule has 0 aliphatic carbocycles. The zero-order valence-corrected chi connectivity index (χ0v) is 12.1. The van der Waals surface area contributed by atoms with Gasteiger partial charge in [0.2, 0.25) is 5.91 Å². The van der Waals surface area contributed by atoms with E-state index in [9.17, 15) is 4.79 Å². The van der Waals surface area contributed by atoms with Crippen LogP contribution in [0.25, 0.3) is 6.08 Å². The van der Waals surface area contributed by atoms with E-state index in [-0.39, 0.29) is 11.3 Å². The summed E-state index contributed by atoms with van der Waals surface area (Å²) in [7, 11) is 0. The van der Waals surface area contributed by atoms with E-state index < -0.39 is 0 Å². The molecular formula is C17H23NO. The van der Waals surface area contributed by atoms with Gasteiger partial charge in [0.1, 0.15) is 0 Å². The van der Waals surface area contributed by atoms with Crippen LogP contribution < -0.4 is 0 Å². The molecule has 102 valence electrons. The van der Waals surface area contributed by atoms with E-state index >= 15 is 0 Å². The van der Waals surface area contributed by atoms with Gasteiger partial charge in [0.05, 0.1) is 0 Å². The number of carbonyl (C=O) groups excluding carboxylic acids is 1. The van der Waals surface area contributed by atoms with E-state index in [1.165, 1.54) is 5.56 Å². The lowest BCUT2D eigenvalue weighted by molar-refractivity contribution is -0.124. The summed E-state index contributed by atoms with van der Waals surface area (Å²) in [5.74, 6) is 0.136. The van der Waals surface area contributed by atoms with Crippen molar-refractivity contribution in [2.24, 2.45) is 0 Å². The molecule has 0 bridgehead atoms. The molecule has 0 unspecified atom stereocenters. The molecule has 0 spiro atoms. The van der Waals surface area contributed by atoms with Gasteiger partial charge >= 0.3 is 0 Å². The average molecular weight is 257 g/mol. The van der Waals surface area contributed by atoms with Crippen molar-refractivity contribution in [3.63, 3.8) is 0 Å². The maximum absolute atomic E-state index is 11.9. The molecule has 1 heterocycles. The first-order valence-corrected chi connectivity index (χ1v) is 7.04. The molecule has 1 aromatic rings. The van der Waals surface area contributed by atoms with Gasteiger partial charge in [0.25, 0.3) is 0 Å². The molecule has 1 aliphatic rings. The van der Waals surface area contributed by atoms with Crippen LogP contribution in [0.1, 0.15) is 44.7 Å². The van der Waals surface area contributed by atoms with Crippen LogP contribution in [0.2, 0.25) is 0 Å². The molecule has 2 rings (SSSR count). The highest BCUT2D eigenvalue weighted by molar-refractivity contribution is 5.91. The maximum atomic E-state index is 11.9. The molecule has 0 radical (unpaired) electrons. The first kappa shape index (κ1) is 13.9. The predicted molar refractivity (Wildman–Crippen MR) is 80.0 cm³/mol. The number of amides is 1. The molecule has 0 saturated carbocycles. The first-order valence-electron chi connectivity index (χ1n) is 7.04. The quantitative estimate of drug-likeness (QED) is 0.741. The third-order valence-corrected chi connectivity index (χ3v) is 3.61. The maximum Gasteiger partial charge on any atom is 0.246 e. The van der Waals surface area contributed by atoms with Crippen LogP contribution in [0.5, 0.6) is 0 Å². The second-order valence-electron chi connectivity index (χ2n) is 6.24. The Morgan fingerprint density at radius 2 is 1.68 bits per heavy atom. The van der Waals surface area contributed by atoms with E-state index in [0.717, 1.165) is 31.5 Å². The molecule has 19 heavy (non-hydrogen) atoms. The van der Waals surface area contributed by atoms with Crippen LogP contribution in [0.3, 0.4) is 0 Å². The van der Waals surface area contributed by atoms with Gasteiger partial charge in [-0.05, 0) is 35.5 Å². The molecule has 1 aliphatic heterocycles. The molecule has 1 aromatic carbocycles. The fourth-order valence-corrected chi connectivity index (χ4v) is 2.30. The summed E-state index contributed by atoms with van der Waals surface area (Å²) in [5.41, 5.74) is 2.57. The lowest BCUT2D eigenvalue weighted by Gasteiger charge is -2.18. The van der Waals surface area contributed by atoms with Crippen molar-refractivity contribution in [1.29, 1.82) is 0 Å². The number of rotatable bonds is 2. The van der Waals surface area contributed by atoms with Gasteiger partial charge in [0, 0.05) is 19.2 Å². The number of nitrogens with zero attached hydrogens (tertiary/aromatic N) is 1. The summed E-state index contributed by atoms with van der Waals surface area (Å²) in [5, 5.41) is 0. The number of hydrogen-bond donors (Lipinski definition) is 0. The lowest BCUT2D eigenvalue weighted by atomic mass is 9.87. The van der Waals surface area contributed by atoms with E-state index in [1.54, 1.807) is 6.08 Å². The highest BCUT2D eigenvalue weighted by Crippen LogP contribution is 2.22. The highest BCUT2D eigenvalue weighted by Gasteiger charge is 2.15. The molecule has 1 saturated heterocycles. The minimum Gasteiger partial charge on any atom is -0.339 e. The van der Waals surface area contributed by atoms with Gasteiger partial charge in [0.15, 0.2) is 0 Å². The van der Waals surface area contributed by atoms with Crippen molar-refractivity contribution in [2.45, 2.75) is 39.0 Å². The molecule has 1 amide bonds. The van der Waals surface area contributed by atoms with Crippen LogP contribution in [0.15, 0.2) is 30.3 Å². The fraction of sp³-hybridized carbons (Fsp3) is 0.471. The normalized spacial score (nSPS) is 16.3. The Bertz CT molecular complexity index is 459. The number of benzene rings is 1. The Morgan fingerprint density at radius 3 is 2.21 bits per heavy atom. The largest absolute Gasteiger partial charge is 0.339 e. The Labute approximate surface area is 116 Å². The van der Waals surface area contributed by atoms with Crippen molar-refractivity contribution >= 4 is 12.0 Å². The van der Waals surface area contributed by atoms with Crippen LogP contribution >= 0.6 is 0 Å². The van der Waals surface area contributed by atoms with Crippen molar-refractivity contribution in [3.8, 4) is 0 Å². The fourth-order valence-electron chi connectivity index (χ4n) is 2.30. The summed E-state index contributed by atoms with van der Waals surface area (Å²) >= 11 is 0. The van der Waals surface area contributed by atoms with Crippen LogP contribution in [-0.2, 0) is 10.2 Å². The smallest absolute Gasteiger partial charge is 0.246 e.